The zero-order valence-electron chi connectivity index (χ0n) is 10.9. The van der Waals surface area contributed by atoms with Crippen LogP contribution in [0.5, 0.6) is 0 Å². The van der Waals surface area contributed by atoms with E-state index in [9.17, 15) is 9.59 Å². The van der Waals surface area contributed by atoms with Gasteiger partial charge in [-0.25, -0.2) is 9.59 Å². The van der Waals surface area contributed by atoms with Gasteiger partial charge in [-0.3, -0.25) is 0 Å². The molecule has 19 heavy (non-hydrogen) atoms. The van der Waals surface area contributed by atoms with Crippen LogP contribution in [0.25, 0.3) is 0 Å². The fourth-order valence-corrected chi connectivity index (χ4v) is 1.22. The second kappa shape index (κ2) is 6.46. The number of hydrogen-bond acceptors (Lipinski definition) is 7. The SMILES string of the molecule is CC(C)(C)OC(=O)NCc1cc(C(=O)OCS)no1. The lowest BCUT2D eigenvalue weighted by molar-refractivity contribution is 0.0515. The number of carbonyl (C=O) groups excluding carboxylic acids is 2. The second-order valence-corrected chi connectivity index (χ2v) is 4.85. The third-order valence-electron chi connectivity index (χ3n) is 1.77. The van der Waals surface area contributed by atoms with Gasteiger partial charge < -0.3 is 19.3 Å². The smallest absolute Gasteiger partial charge is 0.408 e. The molecule has 0 aliphatic heterocycles. The molecule has 0 radical (unpaired) electrons. The lowest BCUT2D eigenvalue weighted by Gasteiger charge is -2.19. The van der Waals surface area contributed by atoms with E-state index in [4.69, 9.17) is 9.26 Å². The predicted octanol–water partition coefficient (Wildman–Crippen LogP) is 1.74. The molecule has 7 nitrogen and oxygen atoms in total. The number of aromatic nitrogens is 1. The highest BCUT2D eigenvalue weighted by Gasteiger charge is 2.17. The van der Waals surface area contributed by atoms with E-state index in [1.807, 2.05) is 0 Å². The van der Waals surface area contributed by atoms with Gasteiger partial charge in [0.05, 0.1) is 6.54 Å². The van der Waals surface area contributed by atoms with Crippen molar-refractivity contribution in [3.63, 3.8) is 0 Å². The molecule has 0 saturated carbocycles. The van der Waals surface area contributed by atoms with Crippen LogP contribution in [0.4, 0.5) is 4.79 Å². The minimum absolute atomic E-state index is 0.0232. The molecule has 0 bridgehead atoms. The zero-order chi connectivity index (χ0) is 14.5. The molecule has 106 valence electrons. The van der Waals surface area contributed by atoms with Crippen LogP contribution in [0, 0.1) is 0 Å². The minimum Gasteiger partial charge on any atom is -0.450 e. The Labute approximate surface area is 116 Å². The molecule has 0 fully saturated rings. The van der Waals surface area contributed by atoms with Crippen molar-refractivity contribution in [1.82, 2.24) is 10.5 Å². The van der Waals surface area contributed by atoms with Crippen molar-refractivity contribution in [2.75, 3.05) is 5.94 Å². The number of carbonyl (C=O) groups is 2. The summed E-state index contributed by atoms with van der Waals surface area (Å²) >= 11 is 3.75. The number of ether oxygens (including phenoxy) is 2. The number of hydrogen-bond donors (Lipinski definition) is 2. The Morgan fingerprint density at radius 1 is 1.47 bits per heavy atom. The summed E-state index contributed by atoms with van der Waals surface area (Å²) < 4.78 is 14.5. The predicted molar refractivity (Wildman–Crippen MR) is 68.8 cm³/mol. The molecule has 1 aromatic rings. The Morgan fingerprint density at radius 2 is 2.16 bits per heavy atom. The van der Waals surface area contributed by atoms with Crippen LogP contribution in [0.2, 0.25) is 0 Å². The fourth-order valence-electron chi connectivity index (χ4n) is 1.10. The Balaban J connectivity index is 2.46. The molecule has 1 aromatic heterocycles. The van der Waals surface area contributed by atoms with Crippen molar-refractivity contribution in [2.24, 2.45) is 0 Å². The van der Waals surface area contributed by atoms with Crippen LogP contribution >= 0.6 is 12.6 Å². The van der Waals surface area contributed by atoms with Crippen LogP contribution < -0.4 is 5.32 Å². The first-order valence-corrected chi connectivity index (χ1v) is 6.15. The summed E-state index contributed by atoms with van der Waals surface area (Å²) in [4.78, 5) is 22.7. The summed E-state index contributed by atoms with van der Waals surface area (Å²) in [5.41, 5.74) is -0.553. The Hall–Kier alpha value is -1.70. The molecule has 0 atom stereocenters. The van der Waals surface area contributed by atoms with E-state index < -0.39 is 17.7 Å². The van der Waals surface area contributed by atoms with Crippen molar-refractivity contribution >= 4 is 24.7 Å². The molecule has 1 rings (SSSR count). The van der Waals surface area contributed by atoms with Gasteiger partial charge in [-0.1, -0.05) is 5.16 Å². The molecule has 0 saturated heterocycles. The summed E-state index contributed by atoms with van der Waals surface area (Å²) in [5, 5.41) is 5.99. The Bertz CT molecular complexity index is 452. The molecular weight excluding hydrogens is 272 g/mol. The van der Waals surface area contributed by atoms with Crippen LogP contribution in [-0.4, -0.2) is 28.8 Å². The summed E-state index contributed by atoms with van der Waals surface area (Å²) in [6, 6.07) is 1.38. The van der Waals surface area contributed by atoms with Gasteiger partial charge in [-0.2, -0.15) is 0 Å². The van der Waals surface area contributed by atoms with Crippen molar-refractivity contribution in [1.29, 1.82) is 0 Å². The highest BCUT2D eigenvalue weighted by Crippen LogP contribution is 2.08. The summed E-state index contributed by atoms with van der Waals surface area (Å²) in [7, 11) is 0. The number of amides is 1. The first-order valence-electron chi connectivity index (χ1n) is 5.52. The van der Waals surface area contributed by atoms with E-state index in [1.165, 1.54) is 6.07 Å². The maximum Gasteiger partial charge on any atom is 0.408 e. The van der Waals surface area contributed by atoms with E-state index in [0.29, 0.717) is 5.76 Å². The van der Waals surface area contributed by atoms with Gasteiger partial charge >= 0.3 is 12.1 Å². The van der Waals surface area contributed by atoms with Gasteiger partial charge in [-0.15, -0.1) is 12.6 Å². The molecule has 0 unspecified atom stereocenters. The van der Waals surface area contributed by atoms with Gasteiger partial charge in [0.15, 0.2) is 11.5 Å². The van der Waals surface area contributed by atoms with E-state index >= 15 is 0 Å². The van der Waals surface area contributed by atoms with Gasteiger partial charge in [-0.05, 0) is 20.8 Å². The fraction of sp³-hybridized carbons (Fsp3) is 0.545. The standard InChI is InChI=1S/C11H16N2O5S/c1-11(2,3)17-10(15)12-5-7-4-8(13-18-7)9(14)16-6-19/h4,19H,5-6H2,1-3H3,(H,12,15). The van der Waals surface area contributed by atoms with Gasteiger partial charge in [0.2, 0.25) is 0 Å². The lowest BCUT2D eigenvalue weighted by atomic mass is 10.2. The maximum absolute atomic E-state index is 11.4. The van der Waals surface area contributed by atoms with Gasteiger partial charge in [0.1, 0.15) is 11.5 Å². The number of alkyl carbamates (subject to hydrolysis) is 1. The van der Waals surface area contributed by atoms with Crippen molar-refractivity contribution in [3.05, 3.63) is 17.5 Å². The normalized spacial score (nSPS) is 10.9. The summed E-state index contributed by atoms with van der Waals surface area (Å²) in [6.07, 6.45) is -0.580. The highest BCUT2D eigenvalue weighted by atomic mass is 32.1. The largest absolute Gasteiger partial charge is 0.450 e. The number of nitrogens with one attached hydrogen (secondary N) is 1. The quantitative estimate of drug-likeness (QED) is 0.498. The molecule has 0 aliphatic rings. The third-order valence-corrected chi connectivity index (χ3v) is 1.90. The number of nitrogens with zero attached hydrogens (tertiary/aromatic N) is 1. The van der Waals surface area contributed by atoms with Gasteiger partial charge in [0, 0.05) is 6.07 Å². The summed E-state index contributed by atoms with van der Waals surface area (Å²) in [6.45, 7) is 5.34. The first kappa shape index (κ1) is 15.4. The zero-order valence-corrected chi connectivity index (χ0v) is 11.8. The van der Waals surface area contributed by atoms with Crippen LogP contribution in [0.15, 0.2) is 10.6 Å². The number of thiol groups is 1. The monoisotopic (exact) mass is 288 g/mol. The first-order chi connectivity index (χ1) is 8.81. The Morgan fingerprint density at radius 3 is 2.74 bits per heavy atom. The molecule has 1 N–H and O–H groups in total. The van der Waals surface area contributed by atoms with E-state index in [1.54, 1.807) is 20.8 Å². The van der Waals surface area contributed by atoms with Crippen molar-refractivity contribution in [3.8, 4) is 0 Å². The van der Waals surface area contributed by atoms with Crippen molar-refractivity contribution < 1.29 is 23.6 Å². The highest BCUT2D eigenvalue weighted by molar-refractivity contribution is 7.80. The van der Waals surface area contributed by atoms with Gasteiger partial charge in [0.25, 0.3) is 0 Å². The topological polar surface area (TPSA) is 90.7 Å². The minimum atomic E-state index is -0.637. The molecule has 1 heterocycles. The Kier molecular flexibility index (Phi) is 5.22. The molecular formula is C11H16N2O5S. The number of esters is 1. The second-order valence-electron chi connectivity index (χ2n) is 4.59. The number of rotatable bonds is 4. The van der Waals surface area contributed by atoms with Crippen molar-refractivity contribution in [2.45, 2.75) is 32.9 Å². The average molecular weight is 288 g/mol. The average Bonchev–Trinajstić information content (AvgIpc) is 2.73. The summed E-state index contributed by atoms with van der Waals surface area (Å²) in [5.74, 6) is -0.365. The van der Waals surface area contributed by atoms with Crippen LogP contribution in [-0.2, 0) is 16.0 Å². The van der Waals surface area contributed by atoms with Crippen LogP contribution in [0.1, 0.15) is 37.0 Å². The van der Waals surface area contributed by atoms with Crippen LogP contribution in [0.3, 0.4) is 0 Å². The molecule has 0 spiro atoms. The maximum atomic E-state index is 11.4. The van der Waals surface area contributed by atoms with E-state index in [-0.39, 0.29) is 18.2 Å². The van der Waals surface area contributed by atoms with E-state index in [2.05, 4.69) is 27.8 Å². The lowest BCUT2D eigenvalue weighted by Crippen LogP contribution is -2.32. The molecule has 1 amide bonds. The van der Waals surface area contributed by atoms with E-state index in [0.717, 1.165) is 0 Å². The molecule has 8 heteroatoms. The third kappa shape index (κ3) is 5.64. The molecule has 0 aromatic carbocycles. The molecule has 0 aliphatic carbocycles.